The van der Waals surface area contributed by atoms with Gasteiger partial charge in [0.2, 0.25) is 11.8 Å². The molecule has 0 radical (unpaired) electrons. The monoisotopic (exact) mass is 450 g/mol. The number of rotatable bonds is 8. The van der Waals surface area contributed by atoms with E-state index in [0.29, 0.717) is 24.8 Å². The third-order valence-corrected chi connectivity index (χ3v) is 6.33. The second kappa shape index (κ2) is 10.2. The highest BCUT2D eigenvalue weighted by atomic mass is 16.2. The van der Waals surface area contributed by atoms with E-state index in [1.807, 2.05) is 61.2 Å². The molecule has 2 aliphatic rings. The fourth-order valence-electron chi connectivity index (χ4n) is 4.16. The number of carbonyl (C=O) groups is 2. The minimum absolute atomic E-state index is 0.0575. The molecule has 1 aromatic carbocycles. The molecule has 33 heavy (non-hydrogen) atoms. The van der Waals surface area contributed by atoms with Gasteiger partial charge in [0.15, 0.2) is 5.82 Å². The molecule has 1 saturated heterocycles. The molecule has 1 aliphatic carbocycles. The molecule has 176 valence electrons. The maximum Gasteiger partial charge on any atom is 0.246 e. The molecule has 1 aliphatic heterocycles. The maximum absolute atomic E-state index is 13.0. The molecule has 4 rings (SSSR count). The van der Waals surface area contributed by atoms with E-state index in [-0.39, 0.29) is 17.7 Å². The molecule has 8 heteroatoms. The largest absolute Gasteiger partial charge is 0.368 e. The summed E-state index contributed by atoms with van der Waals surface area (Å²) in [7, 11) is 3.96. The summed E-state index contributed by atoms with van der Waals surface area (Å²) in [6.45, 7) is 5.48. The summed E-state index contributed by atoms with van der Waals surface area (Å²) < 4.78 is 0. The van der Waals surface area contributed by atoms with Gasteiger partial charge in [-0.15, -0.1) is 0 Å². The Bertz CT molecular complexity index is 1000. The van der Waals surface area contributed by atoms with E-state index in [9.17, 15) is 9.59 Å². The molecular weight excluding hydrogens is 416 g/mol. The maximum atomic E-state index is 13.0. The van der Waals surface area contributed by atoms with Gasteiger partial charge < -0.3 is 20.0 Å². The van der Waals surface area contributed by atoms with E-state index < -0.39 is 0 Å². The van der Waals surface area contributed by atoms with E-state index in [0.717, 1.165) is 36.6 Å². The molecule has 0 spiro atoms. The van der Waals surface area contributed by atoms with Crippen LogP contribution in [0.4, 0.5) is 11.5 Å². The molecule has 0 bridgehead atoms. The standard InChI is InChI=1S/C25H34N6O2/c1-18(25(33)26-23-17-21(27-28-23)19-10-11-19)20-7-4-5-8-22(20)30-13-15-31(16-14-30)24(32)9-6-12-29(2)3/h4-9,17-19H,10-16H2,1-3H3,(H2,26,27,28,33). The highest BCUT2D eigenvalue weighted by Crippen LogP contribution is 2.39. The number of aromatic nitrogens is 2. The zero-order valence-corrected chi connectivity index (χ0v) is 19.8. The predicted molar refractivity (Wildman–Crippen MR) is 131 cm³/mol. The SMILES string of the molecule is CC(C(=O)Nc1cc(C2CC2)[nH]n1)c1ccccc1N1CCN(C(=O)C=CCN(C)C)CC1. The van der Waals surface area contributed by atoms with Crippen molar-refractivity contribution in [2.45, 2.75) is 31.6 Å². The van der Waals surface area contributed by atoms with Crippen molar-refractivity contribution in [1.82, 2.24) is 20.0 Å². The second-order valence-corrected chi connectivity index (χ2v) is 9.23. The van der Waals surface area contributed by atoms with Crippen LogP contribution in [0.25, 0.3) is 0 Å². The average Bonchev–Trinajstić information content (AvgIpc) is 3.57. The first-order chi connectivity index (χ1) is 15.9. The lowest BCUT2D eigenvalue weighted by Gasteiger charge is -2.37. The summed E-state index contributed by atoms with van der Waals surface area (Å²) in [5, 5.41) is 10.2. The van der Waals surface area contributed by atoms with Gasteiger partial charge >= 0.3 is 0 Å². The van der Waals surface area contributed by atoms with Gasteiger partial charge in [-0.3, -0.25) is 14.7 Å². The molecule has 2 heterocycles. The number of amides is 2. The number of benzene rings is 1. The molecule has 8 nitrogen and oxygen atoms in total. The lowest BCUT2D eigenvalue weighted by Crippen LogP contribution is -2.48. The van der Waals surface area contributed by atoms with Crippen LogP contribution in [0.1, 0.15) is 42.9 Å². The fourth-order valence-corrected chi connectivity index (χ4v) is 4.16. The predicted octanol–water partition coefficient (Wildman–Crippen LogP) is 2.80. The van der Waals surface area contributed by atoms with Gasteiger partial charge in [-0.2, -0.15) is 5.10 Å². The van der Waals surface area contributed by atoms with Crippen LogP contribution in [-0.4, -0.2) is 78.6 Å². The Hall–Kier alpha value is -3.13. The Morgan fingerprint density at radius 1 is 1.21 bits per heavy atom. The Balaban J connectivity index is 1.37. The van der Waals surface area contributed by atoms with E-state index in [1.54, 1.807) is 6.08 Å². The minimum Gasteiger partial charge on any atom is -0.368 e. The van der Waals surface area contributed by atoms with Crippen molar-refractivity contribution in [3.8, 4) is 0 Å². The molecule has 1 saturated carbocycles. The Morgan fingerprint density at radius 2 is 1.94 bits per heavy atom. The quantitative estimate of drug-likeness (QED) is 0.604. The first kappa shape index (κ1) is 23.0. The van der Waals surface area contributed by atoms with E-state index >= 15 is 0 Å². The summed E-state index contributed by atoms with van der Waals surface area (Å²) in [5.74, 6) is 0.810. The molecule has 2 N–H and O–H groups in total. The second-order valence-electron chi connectivity index (χ2n) is 9.23. The Labute approximate surface area is 195 Å². The normalized spacial score (nSPS) is 17.6. The zero-order chi connectivity index (χ0) is 23.4. The van der Waals surface area contributed by atoms with Crippen LogP contribution < -0.4 is 10.2 Å². The smallest absolute Gasteiger partial charge is 0.246 e. The molecule has 1 unspecified atom stereocenters. The van der Waals surface area contributed by atoms with Gasteiger partial charge in [-0.25, -0.2) is 0 Å². The third kappa shape index (κ3) is 5.82. The molecule has 1 aromatic heterocycles. The van der Waals surface area contributed by atoms with Gasteiger partial charge in [0.1, 0.15) is 0 Å². The number of nitrogens with one attached hydrogen (secondary N) is 2. The highest BCUT2D eigenvalue weighted by molar-refractivity contribution is 5.96. The van der Waals surface area contributed by atoms with Crippen LogP contribution >= 0.6 is 0 Å². The van der Waals surface area contributed by atoms with Crippen LogP contribution in [0, 0.1) is 0 Å². The summed E-state index contributed by atoms with van der Waals surface area (Å²) in [5.41, 5.74) is 3.14. The van der Waals surface area contributed by atoms with Crippen molar-refractivity contribution in [3.63, 3.8) is 0 Å². The summed E-state index contributed by atoms with van der Waals surface area (Å²) in [6, 6.07) is 9.99. The van der Waals surface area contributed by atoms with Crippen LogP contribution in [-0.2, 0) is 9.59 Å². The first-order valence-corrected chi connectivity index (χ1v) is 11.7. The summed E-state index contributed by atoms with van der Waals surface area (Å²) in [6.07, 6.45) is 5.94. The summed E-state index contributed by atoms with van der Waals surface area (Å²) >= 11 is 0. The van der Waals surface area contributed by atoms with Crippen molar-refractivity contribution >= 4 is 23.3 Å². The molecule has 2 aromatic rings. The van der Waals surface area contributed by atoms with E-state index in [4.69, 9.17) is 0 Å². The third-order valence-electron chi connectivity index (χ3n) is 6.33. The Morgan fingerprint density at radius 3 is 2.64 bits per heavy atom. The van der Waals surface area contributed by atoms with Crippen molar-refractivity contribution in [2.75, 3.05) is 57.0 Å². The van der Waals surface area contributed by atoms with E-state index in [2.05, 4.69) is 26.5 Å². The fraction of sp³-hybridized carbons (Fsp3) is 0.480. The average molecular weight is 451 g/mol. The van der Waals surface area contributed by atoms with Gasteiger partial charge in [-0.1, -0.05) is 24.3 Å². The summed E-state index contributed by atoms with van der Waals surface area (Å²) in [4.78, 5) is 31.6. The zero-order valence-electron chi connectivity index (χ0n) is 19.8. The number of aromatic amines is 1. The number of hydrogen-bond donors (Lipinski definition) is 2. The molecule has 2 fully saturated rings. The van der Waals surface area contributed by atoms with Crippen LogP contribution in [0.15, 0.2) is 42.5 Å². The van der Waals surface area contributed by atoms with Crippen LogP contribution in [0.5, 0.6) is 0 Å². The lowest BCUT2D eigenvalue weighted by atomic mass is 9.97. The molecule has 1 atom stereocenters. The number of hydrogen-bond acceptors (Lipinski definition) is 5. The minimum atomic E-state index is -0.323. The van der Waals surface area contributed by atoms with Crippen LogP contribution in [0.3, 0.4) is 0 Å². The topological polar surface area (TPSA) is 84.6 Å². The van der Waals surface area contributed by atoms with E-state index in [1.165, 1.54) is 12.8 Å². The lowest BCUT2D eigenvalue weighted by molar-refractivity contribution is -0.126. The van der Waals surface area contributed by atoms with Crippen LogP contribution in [0.2, 0.25) is 0 Å². The highest BCUT2D eigenvalue weighted by Gasteiger charge is 2.27. The number of anilines is 2. The molecule has 2 amide bonds. The van der Waals surface area contributed by atoms with Gasteiger partial charge in [-0.05, 0) is 45.5 Å². The number of carbonyl (C=O) groups excluding carboxylic acids is 2. The number of para-hydroxylation sites is 1. The number of piperazine rings is 1. The van der Waals surface area contributed by atoms with Gasteiger partial charge in [0.25, 0.3) is 0 Å². The number of likely N-dealkylation sites (N-methyl/N-ethyl adjacent to an activating group) is 1. The Kier molecular flexibility index (Phi) is 7.13. The molecular formula is C25H34N6O2. The van der Waals surface area contributed by atoms with Gasteiger partial charge in [0, 0.05) is 62.2 Å². The number of nitrogens with zero attached hydrogens (tertiary/aromatic N) is 4. The first-order valence-electron chi connectivity index (χ1n) is 11.7. The van der Waals surface area contributed by atoms with Crippen molar-refractivity contribution in [3.05, 3.63) is 53.7 Å². The number of H-pyrrole nitrogens is 1. The van der Waals surface area contributed by atoms with Crippen molar-refractivity contribution in [1.29, 1.82) is 0 Å². The van der Waals surface area contributed by atoms with Crippen molar-refractivity contribution < 1.29 is 9.59 Å². The van der Waals surface area contributed by atoms with Gasteiger partial charge in [0.05, 0.1) is 5.92 Å². The van der Waals surface area contributed by atoms with Crippen molar-refractivity contribution in [2.24, 2.45) is 0 Å².